The van der Waals surface area contributed by atoms with E-state index in [0.717, 1.165) is 11.4 Å². The summed E-state index contributed by atoms with van der Waals surface area (Å²) in [7, 11) is 0. The number of carbonyl (C=O) groups is 1. The molecule has 0 bridgehead atoms. The van der Waals surface area contributed by atoms with Crippen LogP contribution in [0.15, 0.2) is 54.6 Å². The van der Waals surface area contributed by atoms with Crippen LogP contribution in [0.25, 0.3) is 0 Å². The van der Waals surface area contributed by atoms with Crippen molar-refractivity contribution < 1.29 is 9.53 Å². The molecule has 2 aromatic carbocycles. The van der Waals surface area contributed by atoms with Crippen molar-refractivity contribution in [1.29, 1.82) is 0 Å². The van der Waals surface area contributed by atoms with Gasteiger partial charge in [0.05, 0.1) is 12.2 Å². The molecule has 126 valence electrons. The number of para-hydroxylation sites is 1. The Bertz CT molecular complexity index is 684. The SMILES string of the molecule is CCOC(=O)c1ccc(NC(=S)N(c2ccccc2)C(C)C)cc1. The number of ether oxygens (including phenoxy) is 1. The van der Waals surface area contributed by atoms with E-state index in [9.17, 15) is 4.79 Å². The van der Waals surface area contributed by atoms with Gasteiger partial charge in [-0.05, 0) is 69.4 Å². The van der Waals surface area contributed by atoms with Crippen LogP contribution in [-0.2, 0) is 4.74 Å². The Kier molecular flexibility index (Phi) is 6.32. The molecule has 24 heavy (non-hydrogen) atoms. The third-order valence-corrected chi connectivity index (χ3v) is 3.72. The predicted octanol–water partition coefficient (Wildman–Crippen LogP) is 4.48. The molecule has 0 radical (unpaired) electrons. The number of benzene rings is 2. The number of rotatable bonds is 5. The Balaban J connectivity index is 2.11. The zero-order valence-corrected chi connectivity index (χ0v) is 15.0. The summed E-state index contributed by atoms with van der Waals surface area (Å²) in [5.41, 5.74) is 2.39. The largest absolute Gasteiger partial charge is 0.462 e. The van der Waals surface area contributed by atoms with Crippen LogP contribution in [0.4, 0.5) is 11.4 Å². The molecule has 0 saturated carbocycles. The second-order valence-electron chi connectivity index (χ2n) is 5.53. The lowest BCUT2D eigenvalue weighted by Gasteiger charge is -2.29. The minimum absolute atomic E-state index is 0.214. The fraction of sp³-hybridized carbons (Fsp3) is 0.263. The van der Waals surface area contributed by atoms with Crippen LogP contribution in [0, 0.1) is 0 Å². The molecule has 0 spiro atoms. The summed E-state index contributed by atoms with van der Waals surface area (Å²) in [6.45, 7) is 6.33. The Morgan fingerprint density at radius 2 is 1.75 bits per heavy atom. The monoisotopic (exact) mass is 342 g/mol. The van der Waals surface area contributed by atoms with Gasteiger partial charge in [0.2, 0.25) is 0 Å². The summed E-state index contributed by atoms with van der Waals surface area (Å²) >= 11 is 5.56. The van der Waals surface area contributed by atoms with Crippen molar-refractivity contribution in [3.05, 3.63) is 60.2 Å². The zero-order valence-electron chi connectivity index (χ0n) is 14.2. The molecule has 0 unspecified atom stereocenters. The van der Waals surface area contributed by atoms with Gasteiger partial charge in [0.1, 0.15) is 0 Å². The smallest absolute Gasteiger partial charge is 0.338 e. The fourth-order valence-corrected chi connectivity index (χ4v) is 2.76. The van der Waals surface area contributed by atoms with Crippen LogP contribution in [-0.4, -0.2) is 23.7 Å². The maximum absolute atomic E-state index is 11.7. The summed E-state index contributed by atoms with van der Waals surface area (Å²) in [6.07, 6.45) is 0. The summed E-state index contributed by atoms with van der Waals surface area (Å²) in [4.78, 5) is 13.7. The second kappa shape index (κ2) is 8.45. The average Bonchev–Trinajstić information content (AvgIpc) is 2.56. The van der Waals surface area contributed by atoms with Gasteiger partial charge in [-0.25, -0.2) is 4.79 Å². The van der Waals surface area contributed by atoms with Crippen molar-refractivity contribution in [2.24, 2.45) is 0 Å². The lowest BCUT2D eigenvalue weighted by Crippen LogP contribution is -2.40. The molecular weight excluding hydrogens is 320 g/mol. The number of carbonyl (C=O) groups excluding carboxylic acids is 1. The molecule has 2 rings (SSSR count). The first kappa shape index (κ1) is 17.9. The number of hydrogen-bond acceptors (Lipinski definition) is 3. The number of anilines is 2. The fourth-order valence-electron chi connectivity index (χ4n) is 2.33. The summed E-state index contributed by atoms with van der Waals surface area (Å²) in [5.74, 6) is -0.320. The normalized spacial score (nSPS) is 10.3. The molecule has 0 amide bonds. The van der Waals surface area contributed by atoms with E-state index in [0.29, 0.717) is 17.3 Å². The molecular formula is C19H22N2O2S. The lowest BCUT2D eigenvalue weighted by atomic mass is 10.2. The van der Waals surface area contributed by atoms with E-state index in [1.807, 2.05) is 42.5 Å². The second-order valence-corrected chi connectivity index (χ2v) is 5.91. The van der Waals surface area contributed by atoms with Crippen LogP contribution in [0.5, 0.6) is 0 Å². The van der Waals surface area contributed by atoms with Gasteiger partial charge in [-0.2, -0.15) is 0 Å². The Labute approximate surface area is 148 Å². The van der Waals surface area contributed by atoms with Crippen molar-refractivity contribution in [2.45, 2.75) is 26.8 Å². The number of esters is 1. The molecule has 0 saturated heterocycles. The molecule has 0 aromatic heterocycles. The van der Waals surface area contributed by atoms with E-state index in [4.69, 9.17) is 17.0 Å². The Morgan fingerprint density at radius 1 is 1.12 bits per heavy atom. The zero-order chi connectivity index (χ0) is 17.5. The minimum Gasteiger partial charge on any atom is -0.462 e. The highest BCUT2D eigenvalue weighted by atomic mass is 32.1. The lowest BCUT2D eigenvalue weighted by molar-refractivity contribution is 0.0526. The van der Waals surface area contributed by atoms with Crippen molar-refractivity contribution in [3.8, 4) is 0 Å². The van der Waals surface area contributed by atoms with Crippen LogP contribution in [0.3, 0.4) is 0 Å². The molecule has 1 N–H and O–H groups in total. The molecule has 0 aliphatic heterocycles. The predicted molar refractivity (Wildman–Crippen MR) is 103 cm³/mol. The molecule has 0 fully saturated rings. The van der Waals surface area contributed by atoms with Gasteiger partial charge >= 0.3 is 5.97 Å². The van der Waals surface area contributed by atoms with Gasteiger partial charge < -0.3 is 15.0 Å². The number of nitrogens with one attached hydrogen (secondary N) is 1. The highest BCUT2D eigenvalue weighted by Crippen LogP contribution is 2.19. The van der Waals surface area contributed by atoms with Gasteiger partial charge in [-0.3, -0.25) is 0 Å². The van der Waals surface area contributed by atoms with Crippen molar-refractivity contribution in [3.63, 3.8) is 0 Å². The first-order chi connectivity index (χ1) is 11.5. The maximum Gasteiger partial charge on any atom is 0.338 e. The van der Waals surface area contributed by atoms with E-state index in [-0.39, 0.29) is 12.0 Å². The average molecular weight is 342 g/mol. The number of nitrogens with zero attached hydrogens (tertiary/aromatic N) is 1. The summed E-state index contributed by atoms with van der Waals surface area (Å²) < 4.78 is 4.98. The molecule has 0 aliphatic rings. The van der Waals surface area contributed by atoms with E-state index in [1.165, 1.54) is 0 Å². The van der Waals surface area contributed by atoms with E-state index >= 15 is 0 Å². The van der Waals surface area contributed by atoms with Crippen molar-refractivity contribution in [1.82, 2.24) is 0 Å². The first-order valence-electron chi connectivity index (χ1n) is 7.95. The maximum atomic E-state index is 11.7. The Morgan fingerprint density at radius 3 is 2.29 bits per heavy atom. The topological polar surface area (TPSA) is 41.6 Å². The molecule has 0 atom stereocenters. The van der Waals surface area contributed by atoms with Gasteiger partial charge in [0.15, 0.2) is 5.11 Å². The third-order valence-electron chi connectivity index (χ3n) is 3.42. The van der Waals surface area contributed by atoms with Crippen LogP contribution < -0.4 is 10.2 Å². The molecule has 0 heterocycles. The van der Waals surface area contributed by atoms with Crippen molar-refractivity contribution >= 4 is 34.7 Å². The van der Waals surface area contributed by atoms with Gasteiger partial charge in [-0.1, -0.05) is 18.2 Å². The molecule has 2 aromatic rings. The van der Waals surface area contributed by atoms with E-state index in [2.05, 4.69) is 24.1 Å². The standard InChI is InChI=1S/C19H22N2O2S/c1-4-23-18(22)15-10-12-16(13-11-15)20-19(24)21(14(2)3)17-8-6-5-7-9-17/h5-14H,4H2,1-3H3,(H,20,24). The summed E-state index contributed by atoms with van der Waals surface area (Å²) in [6, 6.07) is 17.3. The highest BCUT2D eigenvalue weighted by Gasteiger charge is 2.16. The highest BCUT2D eigenvalue weighted by molar-refractivity contribution is 7.80. The van der Waals surface area contributed by atoms with E-state index < -0.39 is 0 Å². The Hall–Kier alpha value is -2.40. The van der Waals surface area contributed by atoms with Gasteiger partial charge in [-0.15, -0.1) is 0 Å². The van der Waals surface area contributed by atoms with Gasteiger partial charge in [0.25, 0.3) is 0 Å². The first-order valence-corrected chi connectivity index (χ1v) is 8.36. The van der Waals surface area contributed by atoms with Crippen LogP contribution in [0.2, 0.25) is 0 Å². The van der Waals surface area contributed by atoms with Crippen LogP contribution in [0.1, 0.15) is 31.1 Å². The summed E-state index contributed by atoms with van der Waals surface area (Å²) in [5, 5.41) is 3.84. The number of thiocarbonyl (C=S) groups is 1. The molecule has 5 heteroatoms. The van der Waals surface area contributed by atoms with E-state index in [1.54, 1.807) is 19.1 Å². The third kappa shape index (κ3) is 4.55. The van der Waals surface area contributed by atoms with Crippen LogP contribution >= 0.6 is 12.2 Å². The quantitative estimate of drug-likeness (QED) is 0.641. The molecule has 4 nitrogen and oxygen atoms in total. The number of hydrogen-bond donors (Lipinski definition) is 1. The van der Waals surface area contributed by atoms with Crippen molar-refractivity contribution in [2.75, 3.05) is 16.8 Å². The van der Waals surface area contributed by atoms with Gasteiger partial charge in [0, 0.05) is 17.4 Å². The minimum atomic E-state index is -0.320. The molecule has 0 aliphatic carbocycles.